The van der Waals surface area contributed by atoms with Crippen LogP contribution in [-0.4, -0.2) is 28.6 Å². The molecular weight excluding hydrogens is 210 g/mol. The van der Waals surface area contributed by atoms with Gasteiger partial charge in [-0.15, -0.1) is 0 Å². The molecule has 5 nitrogen and oxygen atoms in total. The van der Waals surface area contributed by atoms with Gasteiger partial charge in [-0.2, -0.15) is 0 Å². The lowest BCUT2D eigenvalue weighted by Gasteiger charge is -2.16. The molecule has 0 saturated carbocycles. The number of hydrogen-bond acceptors (Lipinski definition) is 3. The third-order valence-corrected chi connectivity index (χ3v) is 2.55. The van der Waals surface area contributed by atoms with Crippen molar-refractivity contribution in [2.75, 3.05) is 11.4 Å². The molecule has 1 aromatic carbocycles. The van der Waals surface area contributed by atoms with Crippen LogP contribution in [0, 0.1) is 0 Å². The van der Waals surface area contributed by atoms with Crippen LogP contribution in [0.15, 0.2) is 18.2 Å². The lowest BCUT2D eigenvalue weighted by Crippen LogP contribution is -2.29. The molecule has 0 fully saturated rings. The molecule has 0 unspecified atom stereocenters. The standard InChI is InChI=1S/C11H11NO4/c13-8-2-1-7-5-10(14)12(9(7)6-8)4-3-11(15)16/h1-2,6,13H,3-5H2,(H,15,16). The van der Waals surface area contributed by atoms with Crippen molar-refractivity contribution in [3.05, 3.63) is 23.8 Å². The largest absolute Gasteiger partial charge is 0.508 e. The number of rotatable bonds is 3. The number of carboxylic acid groups (broad SMARTS) is 1. The van der Waals surface area contributed by atoms with Gasteiger partial charge in [0.25, 0.3) is 0 Å². The van der Waals surface area contributed by atoms with Gasteiger partial charge in [-0.25, -0.2) is 0 Å². The summed E-state index contributed by atoms with van der Waals surface area (Å²) in [5, 5.41) is 17.9. The third-order valence-electron chi connectivity index (χ3n) is 2.55. The summed E-state index contributed by atoms with van der Waals surface area (Å²) in [6.45, 7) is 0.143. The lowest BCUT2D eigenvalue weighted by atomic mass is 10.1. The van der Waals surface area contributed by atoms with E-state index in [1.807, 2.05) is 0 Å². The maximum atomic E-state index is 11.6. The maximum Gasteiger partial charge on any atom is 0.305 e. The zero-order valence-electron chi connectivity index (χ0n) is 8.51. The Morgan fingerprint density at radius 3 is 2.88 bits per heavy atom. The molecule has 0 aliphatic carbocycles. The van der Waals surface area contributed by atoms with Crippen molar-refractivity contribution in [1.29, 1.82) is 0 Å². The number of nitrogens with zero attached hydrogens (tertiary/aromatic N) is 1. The second-order valence-electron chi connectivity index (χ2n) is 3.68. The second-order valence-corrected chi connectivity index (χ2v) is 3.68. The van der Waals surface area contributed by atoms with E-state index < -0.39 is 5.97 Å². The van der Waals surface area contributed by atoms with Gasteiger partial charge in [-0.3, -0.25) is 9.59 Å². The molecule has 0 bridgehead atoms. The Morgan fingerprint density at radius 1 is 1.44 bits per heavy atom. The molecule has 5 heteroatoms. The number of aromatic hydroxyl groups is 1. The summed E-state index contributed by atoms with van der Waals surface area (Å²) in [6.07, 6.45) is 0.177. The fourth-order valence-electron chi connectivity index (χ4n) is 1.80. The Morgan fingerprint density at radius 2 is 2.19 bits per heavy atom. The zero-order chi connectivity index (χ0) is 11.7. The number of hydrogen-bond donors (Lipinski definition) is 2. The molecule has 1 heterocycles. The van der Waals surface area contributed by atoms with Crippen LogP contribution in [0.2, 0.25) is 0 Å². The van der Waals surface area contributed by atoms with Crippen LogP contribution in [0.4, 0.5) is 5.69 Å². The monoisotopic (exact) mass is 221 g/mol. The van der Waals surface area contributed by atoms with Gasteiger partial charge < -0.3 is 15.1 Å². The SMILES string of the molecule is O=C(O)CCN1C(=O)Cc2ccc(O)cc21. The van der Waals surface area contributed by atoms with E-state index in [-0.39, 0.29) is 31.0 Å². The van der Waals surface area contributed by atoms with Crippen LogP contribution < -0.4 is 4.90 Å². The highest BCUT2D eigenvalue weighted by molar-refractivity contribution is 6.01. The van der Waals surface area contributed by atoms with E-state index in [0.717, 1.165) is 5.56 Å². The summed E-state index contributed by atoms with van der Waals surface area (Å²) < 4.78 is 0. The molecule has 2 N–H and O–H groups in total. The van der Waals surface area contributed by atoms with Crippen LogP contribution in [0.3, 0.4) is 0 Å². The predicted molar refractivity (Wildman–Crippen MR) is 56.4 cm³/mol. The summed E-state index contributed by atoms with van der Waals surface area (Å²) in [7, 11) is 0. The normalized spacial score (nSPS) is 14.0. The summed E-state index contributed by atoms with van der Waals surface area (Å²) in [4.78, 5) is 23.5. The van der Waals surface area contributed by atoms with Crippen molar-refractivity contribution >= 4 is 17.6 Å². The number of fused-ring (bicyclic) bond motifs is 1. The van der Waals surface area contributed by atoms with E-state index in [9.17, 15) is 14.7 Å². The molecular formula is C11H11NO4. The quantitative estimate of drug-likeness (QED) is 0.789. The average molecular weight is 221 g/mol. The fraction of sp³-hybridized carbons (Fsp3) is 0.273. The Kier molecular flexibility index (Phi) is 2.52. The van der Waals surface area contributed by atoms with Crippen molar-refractivity contribution in [2.24, 2.45) is 0 Å². The van der Waals surface area contributed by atoms with Crippen LogP contribution in [0.25, 0.3) is 0 Å². The highest BCUT2D eigenvalue weighted by Gasteiger charge is 2.27. The van der Waals surface area contributed by atoms with Crippen LogP contribution in [-0.2, 0) is 16.0 Å². The first-order chi connectivity index (χ1) is 7.58. The Bertz CT molecular complexity index is 455. The molecule has 1 aromatic rings. The Balaban J connectivity index is 2.24. The van der Waals surface area contributed by atoms with Gasteiger partial charge in [0.15, 0.2) is 0 Å². The van der Waals surface area contributed by atoms with Gasteiger partial charge in [-0.05, 0) is 11.6 Å². The van der Waals surface area contributed by atoms with Gasteiger partial charge in [0.2, 0.25) is 5.91 Å². The summed E-state index contributed by atoms with van der Waals surface area (Å²) >= 11 is 0. The number of amides is 1. The number of carbonyl (C=O) groups excluding carboxylic acids is 1. The molecule has 2 rings (SSSR count). The molecule has 0 aromatic heterocycles. The molecule has 1 aliphatic rings. The number of phenolic OH excluding ortho intramolecular Hbond substituents is 1. The molecule has 84 valence electrons. The van der Waals surface area contributed by atoms with Crippen molar-refractivity contribution in [1.82, 2.24) is 0 Å². The van der Waals surface area contributed by atoms with Gasteiger partial charge in [0.1, 0.15) is 5.75 Å². The third kappa shape index (κ3) is 1.84. The van der Waals surface area contributed by atoms with Gasteiger partial charge in [-0.1, -0.05) is 6.07 Å². The first kappa shape index (κ1) is 10.5. The number of carbonyl (C=O) groups is 2. The molecule has 16 heavy (non-hydrogen) atoms. The lowest BCUT2D eigenvalue weighted by molar-refractivity contribution is -0.136. The number of carboxylic acids is 1. The first-order valence-electron chi connectivity index (χ1n) is 4.92. The van der Waals surface area contributed by atoms with E-state index >= 15 is 0 Å². The smallest absolute Gasteiger partial charge is 0.305 e. The van der Waals surface area contributed by atoms with Crippen LogP contribution >= 0.6 is 0 Å². The maximum absolute atomic E-state index is 11.6. The second kappa shape index (κ2) is 3.84. The molecule has 1 aliphatic heterocycles. The summed E-state index contributed by atoms with van der Waals surface area (Å²) in [5.41, 5.74) is 1.44. The van der Waals surface area contributed by atoms with Crippen molar-refractivity contribution in [3.63, 3.8) is 0 Å². The molecule has 1 amide bonds. The predicted octanol–water partition coefficient (Wildman–Crippen LogP) is 0.756. The molecule has 0 saturated heterocycles. The number of benzene rings is 1. The first-order valence-corrected chi connectivity index (χ1v) is 4.92. The Hall–Kier alpha value is -2.04. The molecule has 0 spiro atoms. The Labute approximate surface area is 91.9 Å². The fourth-order valence-corrected chi connectivity index (χ4v) is 1.80. The topological polar surface area (TPSA) is 77.8 Å². The number of aliphatic carboxylic acids is 1. The van der Waals surface area contributed by atoms with E-state index in [4.69, 9.17) is 5.11 Å². The highest BCUT2D eigenvalue weighted by Crippen LogP contribution is 2.31. The van der Waals surface area contributed by atoms with E-state index in [1.54, 1.807) is 6.07 Å². The minimum absolute atomic E-state index is 0.0776. The van der Waals surface area contributed by atoms with Crippen molar-refractivity contribution in [3.8, 4) is 5.75 Å². The zero-order valence-corrected chi connectivity index (χ0v) is 8.51. The molecule has 0 atom stereocenters. The van der Waals surface area contributed by atoms with Crippen LogP contribution in [0.5, 0.6) is 5.75 Å². The highest BCUT2D eigenvalue weighted by atomic mass is 16.4. The van der Waals surface area contributed by atoms with Gasteiger partial charge in [0, 0.05) is 12.6 Å². The summed E-state index contributed by atoms with van der Waals surface area (Å²) in [6, 6.07) is 4.69. The van der Waals surface area contributed by atoms with E-state index in [1.165, 1.54) is 17.0 Å². The minimum atomic E-state index is -0.943. The number of phenols is 1. The van der Waals surface area contributed by atoms with Crippen molar-refractivity contribution in [2.45, 2.75) is 12.8 Å². The van der Waals surface area contributed by atoms with Crippen molar-refractivity contribution < 1.29 is 19.8 Å². The minimum Gasteiger partial charge on any atom is -0.508 e. The average Bonchev–Trinajstić information content (AvgIpc) is 2.51. The van der Waals surface area contributed by atoms with Gasteiger partial charge in [0.05, 0.1) is 18.5 Å². The van der Waals surface area contributed by atoms with E-state index in [0.29, 0.717) is 5.69 Å². The number of anilines is 1. The summed E-state index contributed by atoms with van der Waals surface area (Å²) in [5.74, 6) is -0.989. The molecule has 0 radical (unpaired) electrons. The van der Waals surface area contributed by atoms with E-state index in [2.05, 4.69) is 0 Å². The van der Waals surface area contributed by atoms with Gasteiger partial charge >= 0.3 is 5.97 Å². The van der Waals surface area contributed by atoms with Crippen LogP contribution in [0.1, 0.15) is 12.0 Å².